The lowest BCUT2D eigenvalue weighted by molar-refractivity contribution is -0.126. The summed E-state index contributed by atoms with van der Waals surface area (Å²) in [4.78, 5) is 11.9. The summed E-state index contributed by atoms with van der Waals surface area (Å²) in [5, 5.41) is 2.93. The number of amides is 1. The molecule has 94 valence electrons. The standard InChI is InChI=1S/C13H19BrN2O/c1-4-13(3,15)12(17)16-9(2)10-5-7-11(14)8-6-10/h5-9H,4,15H2,1-3H3,(H,16,17)/t9-,13?/m0/s1. The zero-order valence-corrected chi connectivity index (χ0v) is 12.0. The van der Waals surface area contributed by atoms with E-state index in [1.165, 1.54) is 0 Å². The topological polar surface area (TPSA) is 55.1 Å². The lowest BCUT2D eigenvalue weighted by Crippen LogP contribution is -2.51. The van der Waals surface area contributed by atoms with E-state index in [0.29, 0.717) is 6.42 Å². The van der Waals surface area contributed by atoms with E-state index in [-0.39, 0.29) is 11.9 Å². The number of carbonyl (C=O) groups is 1. The molecular weight excluding hydrogens is 280 g/mol. The maximum absolute atomic E-state index is 11.9. The fourth-order valence-electron chi connectivity index (χ4n) is 1.36. The van der Waals surface area contributed by atoms with Crippen LogP contribution in [0.25, 0.3) is 0 Å². The predicted molar refractivity (Wildman–Crippen MR) is 73.6 cm³/mol. The first-order chi connectivity index (χ1) is 7.86. The SMILES string of the molecule is CCC(C)(N)C(=O)N[C@@H](C)c1ccc(Br)cc1. The van der Waals surface area contributed by atoms with Gasteiger partial charge in [-0.05, 0) is 38.0 Å². The number of hydrogen-bond acceptors (Lipinski definition) is 2. The van der Waals surface area contributed by atoms with Crippen LogP contribution in [0.15, 0.2) is 28.7 Å². The van der Waals surface area contributed by atoms with Crippen LogP contribution in [0.1, 0.15) is 38.8 Å². The predicted octanol–water partition coefficient (Wildman–Crippen LogP) is 2.75. The quantitative estimate of drug-likeness (QED) is 0.898. The van der Waals surface area contributed by atoms with Crippen molar-refractivity contribution in [3.05, 3.63) is 34.3 Å². The molecule has 0 aliphatic rings. The molecule has 3 nitrogen and oxygen atoms in total. The van der Waals surface area contributed by atoms with Crippen molar-refractivity contribution in [2.75, 3.05) is 0 Å². The Balaban J connectivity index is 2.70. The second kappa shape index (κ2) is 5.65. The summed E-state index contributed by atoms with van der Waals surface area (Å²) < 4.78 is 1.02. The largest absolute Gasteiger partial charge is 0.348 e. The smallest absolute Gasteiger partial charge is 0.240 e. The minimum Gasteiger partial charge on any atom is -0.348 e. The molecule has 0 aromatic heterocycles. The van der Waals surface area contributed by atoms with E-state index in [9.17, 15) is 4.79 Å². The molecule has 0 bridgehead atoms. The fourth-order valence-corrected chi connectivity index (χ4v) is 1.62. The van der Waals surface area contributed by atoms with Crippen LogP contribution in [0.3, 0.4) is 0 Å². The highest BCUT2D eigenvalue weighted by molar-refractivity contribution is 9.10. The third-order valence-corrected chi connectivity index (χ3v) is 3.50. The van der Waals surface area contributed by atoms with Crippen LogP contribution in [-0.2, 0) is 4.79 Å². The fraction of sp³-hybridized carbons (Fsp3) is 0.462. The van der Waals surface area contributed by atoms with Gasteiger partial charge in [0.1, 0.15) is 0 Å². The summed E-state index contributed by atoms with van der Waals surface area (Å²) in [5.41, 5.74) is 6.15. The molecule has 1 amide bonds. The molecule has 17 heavy (non-hydrogen) atoms. The van der Waals surface area contributed by atoms with Gasteiger partial charge in [-0.1, -0.05) is 35.0 Å². The van der Waals surface area contributed by atoms with Gasteiger partial charge in [-0.15, -0.1) is 0 Å². The molecule has 0 fully saturated rings. The third kappa shape index (κ3) is 3.82. The summed E-state index contributed by atoms with van der Waals surface area (Å²) >= 11 is 3.38. The van der Waals surface area contributed by atoms with Crippen molar-refractivity contribution in [1.29, 1.82) is 0 Å². The van der Waals surface area contributed by atoms with E-state index in [2.05, 4.69) is 21.2 Å². The van der Waals surface area contributed by atoms with Crippen LogP contribution < -0.4 is 11.1 Å². The molecule has 0 aliphatic heterocycles. The lowest BCUT2D eigenvalue weighted by Gasteiger charge is -2.24. The van der Waals surface area contributed by atoms with E-state index < -0.39 is 5.54 Å². The summed E-state index contributed by atoms with van der Waals surface area (Å²) in [6.45, 7) is 5.60. The Morgan fingerprint density at radius 1 is 1.47 bits per heavy atom. The Kier molecular flexibility index (Phi) is 4.71. The molecule has 3 N–H and O–H groups in total. The van der Waals surface area contributed by atoms with Gasteiger partial charge in [0.25, 0.3) is 0 Å². The number of carbonyl (C=O) groups excluding carboxylic acids is 1. The number of benzene rings is 1. The Hall–Kier alpha value is -0.870. The zero-order valence-electron chi connectivity index (χ0n) is 10.5. The highest BCUT2D eigenvalue weighted by Gasteiger charge is 2.27. The van der Waals surface area contributed by atoms with E-state index in [0.717, 1.165) is 10.0 Å². The number of nitrogens with two attached hydrogens (primary N) is 1. The monoisotopic (exact) mass is 298 g/mol. The molecule has 1 aromatic carbocycles. The summed E-state index contributed by atoms with van der Waals surface area (Å²) in [5.74, 6) is -0.115. The second-order valence-electron chi connectivity index (χ2n) is 4.52. The molecule has 0 saturated heterocycles. The summed E-state index contributed by atoms with van der Waals surface area (Å²) in [6.07, 6.45) is 0.617. The molecule has 4 heteroatoms. The highest BCUT2D eigenvalue weighted by atomic mass is 79.9. The van der Waals surface area contributed by atoms with Crippen LogP contribution in [0.5, 0.6) is 0 Å². The van der Waals surface area contributed by atoms with Gasteiger partial charge in [0.05, 0.1) is 11.6 Å². The Morgan fingerprint density at radius 3 is 2.47 bits per heavy atom. The van der Waals surface area contributed by atoms with Crippen molar-refractivity contribution in [1.82, 2.24) is 5.32 Å². The second-order valence-corrected chi connectivity index (χ2v) is 5.43. The Labute approximate surface area is 111 Å². The molecule has 0 saturated carbocycles. The van der Waals surface area contributed by atoms with Gasteiger partial charge in [0.15, 0.2) is 0 Å². The minimum absolute atomic E-state index is 0.0370. The zero-order chi connectivity index (χ0) is 13.1. The van der Waals surface area contributed by atoms with Crippen molar-refractivity contribution >= 4 is 21.8 Å². The van der Waals surface area contributed by atoms with Crippen LogP contribution >= 0.6 is 15.9 Å². The molecule has 0 spiro atoms. The normalized spacial score (nSPS) is 16.1. The molecule has 1 rings (SSSR count). The van der Waals surface area contributed by atoms with Crippen LogP contribution in [0.4, 0.5) is 0 Å². The van der Waals surface area contributed by atoms with Gasteiger partial charge < -0.3 is 11.1 Å². The average molecular weight is 299 g/mol. The van der Waals surface area contributed by atoms with E-state index in [4.69, 9.17) is 5.73 Å². The number of halogens is 1. The van der Waals surface area contributed by atoms with Gasteiger partial charge in [0, 0.05) is 4.47 Å². The molecule has 1 unspecified atom stereocenters. The molecule has 0 radical (unpaired) electrons. The number of hydrogen-bond donors (Lipinski definition) is 2. The van der Waals surface area contributed by atoms with Gasteiger partial charge in [-0.3, -0.25) is 4.79 Å². The molecule has 0 heterocycles. The van der Waals surface area contributed by atoms with Crippen LogP contribution in [0.2, 0.25) is 0 Å². The maximum Gasteiger partial charge on any atom is 0.240 e. The van der Waals surface area contributed by atoms with Crippen molar-refractivity contribution < 1.29 is 4.79 Å². The number of nitrogens with one attached hydrogen (secondary N) is 1. The van der Waals surface area contributed by atoms with Crippen molar-refractivity contribution in [2.45, 2.75) is 38.8 Å². The molecule has 2 atom stereocenters. The minimum atomic E-state index is -0.802. The Bertz CT molecular complexity index is 387. The summed E-state index contributed by atoms with van der Waals surface area (Å²) in [6, 6.07) is 7.84. The van der Waals surface area contributed by atoms with Crippen LogP contribution in [-0.4, -0.2) is 11.4 Å². The van der Waals surface area contributed by atoms with Gasteiger partial charge in [0.2, 0.25) is 5.91 Å². The maximum atomic E-state index is 11.9. The van der Waals surface area contributed by atoms with Crippen molar-refractivity contribution in [2.24, 2.45) is 5.73 Å². The highest BCUT2D eigenvalue weighted by Crippen LogP contribution is 2.17. The first kappa shape index (κ1) is 14.2. The van der Waals surface area contributed by atoms with Crippen molar-refractivity contribution in [3.63, 3.8) is 0 Å². The van der Waals surface area contributed by atoms with Gasteiger partial charge >= 0.3 is 0 Å². The summed E-state index contributed by atoms with van der Waals surface area (Å²) in [7, 11) is 0. The first-order valence-electron chi connectivity index (χ1n) is 5.72. The van der Waals surface area contributed by atoms with Crippen LogP contribution in [0, 0.1) is 0 Å². The third-order valence-electron chi connectivity index (χ3n) is 2.97. The number of rotatable bonds is 4. The molecule has 0 aliphatic carbocycles. The van der Waals surface area contributed by atoms with Gasteiger partial charge in [-0.25, -0.2) is 0 Å². The van der Waals surface area contributed by atoms with Crippen molar-refractivity contribution in [3.8, 4) is 0 Å². The average Bonchev–Trinajstić information content (AvgIpc) is 2.29. The van der Waals surface area contributed by atoms with E-state index in [1.807, 2.05) is 38.1 Å². The first-order valence-corrected chi connectivity index (χ1v) is 6.51. The van der Waals surface area contributed by atoms with E-state index in [1.54, 1.807) is 6.92 Å². The lowest BCUT2D eigenvalue weighted by atomic mass is 9.98. The Morgan fingerprint density at radius 2 is 2.00 bits per heavy atom. The molecule has 1 aromatic rings. The molecular formula is C13H19BrN2O. The van der Waals surface area contributed by atoms with Gasteiger partial charge in [-0.2, -0.15) is 0 Å². The van der Waals surface area contributed by atoms with E-state index >= 15 is 0 Å².